The number of amides is 1. The predicted molar refractivity (Wildman–Crippen MR) is 70.4 cm³/mol. The third-order valence-corrected chi connectivity index (χ3v) is 3.16. The van der Waals surface area contributed by atoms with Gasteiger partial charge in [0.1, 0.15) is 12.4 Å². The Bertz CT molecular complexity index is 582. The SMILES string of the molecule is Cn1cnc(CNC(=O)C2Cc3ccccc3N2)n1. The molecular weight excluding hydrogens is 242 g/mol. The normalized spacial score (nSPS) is 16.8. The van der Waals surface area contributed by atoms with Crippen LogP contribution in [0.25, 0.3) is 0 Å². The van der Waals surface area contributed by atoms with Crippen molar-refractivity contribution in [1.29, 1.82) is 0 Å². The second kappa shape index (κ2) is 4.72. The Balaban J connectivity index is 1.58. The van der Waals surface area contributed by atoms with Crippen LogP contribution in [-0.2, 0) is 24.8 Å². The third-order valence-electron chi connectivity index (χ3n) is 3.16. The van der Waals surface area contributed by atoms with Gasteiger partial charge in [-0.15, -0.1) is 0 Å². The van der Waals surface area contributed by atoms with Crippen LogP contribution in [0.3, 0.4) is 0 Å². The fraction of sp³-hybridized carbons (Fsp3) is 0.308. The van der Waals surface area contributed by atoms with Crippen molar-refractivity contribution in [2.45, 2.75) is 19.0 Å². The summed E-state index contributed by atoms with van der Waals surface area (Å²) in [4.78, 5) is 16.1. The third kappa shape index (κ3) is 2.42. The maximum Gasteiger partial charge on any atom is 0.243 e. The van der Waals surface area contributed by atoms with Gasteiger partial charge in [-0.25, -0.2) is 4.98 Å². The van der Waals surface area contributed by atoms with Gasteiger partial charge in [0, 0.05) is 19.2 Å². The van der Waals surface area contributed by atoms with E-state index in [9.17, 15) is 4.79 Å². The molecule has 6 nitrogen and oxygen atoms in total. The van der Waals surface area contributed by atoms with Crippen LogP contribution in [0.4, 0.5) is 5.69 Å². The van der Waals surface area contributed by atoms with Gasteiger partial charge in [-0.2, -0.15) is 5.10 Å². The summed E-state index contributed by atoms with van der Waals surface area (Å²) in [7, 11) is 1.80. The summed E-state index contributed by atoms with van der Waals surface area (Å²) in [5.74, 6) is 0.593. The predicted octanol–water partition coefficient (Wildman–Crippen LogP) is 0.468. The summed E-state index contributed by atoms with van der Waals surface area (Å²) < 4.78 is 1.62. The minimum atomic E-state index is -0.207. The highest BCUT2D eigenvalue weighted by Crippen LogP contribution is 2.24. The first-order chi connectivity index (χ1) is 9.22. The molecule has 1 atom stereocenters. The molecule has 1 unspecified atom stereocenters. The number of aryl methyl sites for hydroxylation is 1. The van der Waals surface area contributed by atoms with E-state index in [0.29, 0.717) is 12.4 Å². The van der Waals surface area contributed by atoms with Crippen molar-refractivity contribution in [3.63, 3.8) is 0 Å². The Morgan fingerprint density at radius 3 is 3.11 bits per heavy atom. The van der Waals surface area contributed by atoms with Crippen LogP contribution < -0.4 is 10.6 Å². The van der Waals surface area contributed by atoms with E-state index in [-0.39, 0.29) is 11.9 Å². The number of rotatable bonds is 3. The van der Waals surface area contributed by atoms with E-state index < -0.39 is 0 Å². The van der Waals surface area contributed by atoms with Gasteiger partial charge in [-0.1, -0.05) is 18.2 Å². The molecule has 2 heterocycles. The molecule has 1 aromatic carbocycles. The molecule has 0 bridgehead atoms. The van der Waals surface area contributed by atoms with E-state index in [2.05, 4.69) is 20.7 Å². The maximum atomic E-state index is 12.1. The molecular formula is C13H15N5O. The average Bonchev–Trinajstić information content (AvgIpc) is 3.01. The first-order valence-electron chi connectivity index (χ1n) is 6.19. The van der Waals surface area contributed by atoms with E-state index in [1.807, 2.05) is 24.3 Å². The van der Waals surface area contributed by atoms with E-state index in [1.165, 1.54) is 5.56 Å². The average molecular weight is 257 g/mol. The second-order valence-electron chi connectivity index (χ2n) is 4.61. The lowest BCUT2D eigenvalue weighted by Gasteiger charge is -2.10. The van der Waals surface area contributed by atoms with Crippen LogP contribution in [0.1, 0.15) is 11.4 Å². The molecule has 0 spiro atoms. The van der Waals surface area contributed by atoms with Gasteiger partial charge in [0.05, 0.1) is 6.54 Å². The number of para-hydroxylation sites is 1. The van der Waals surface area contributed by atoms with Gasteiger partial charge in [-0.3, -0.25) is 9.48 Å². The van der Waals surface area contributed by atoms with E-state index in [4.69, 9.17) is 0 Å². The van der Waals surface area contributed by atoms with Gasteiger partial charge < -0.3 is 10.6 Å². The van der Waals surface area contributed by atoms with E-state index in [1.54, 1.807) is 18.1 Å². The first kappa shape index (κ1) is 11.7. The summed E-state index contributed by atoms with van der Waals surface area (Å²) in [5.41, 5.74) is 2.22. The van der Waals surface area contributed by atoms with E-state index in [0.717, 1.165) is 12.1 Å². The molecule has 1 aromatic heterocycles. The van der Waals surface area contributed by atoms with Crippen molar-refractivity contribution in [1.82, 2.24) is 20.1 Å². The Morgan fingerprint density at radius 2 is 2.37 bits per heavy atom. The van der Waals surface area contributed by atoms with Gasteiger partial charge in [0.2, 0.25) is 5.91 Å². The van der Waals surface area contributed by atoms with Gasteiger partial charge in [-0.05, 0) is 11.6 Å². The lowest BCUT2D eigenvalue weighted by atomic mass is 10.1. The smallest absolute Gasteiger partial charge is 0.243 e. The molecule has 0 saturated heterocycles. The van der Waals surface area contributed by atoms with Crippen LogP contribution >= 0.6 is 0 Å². The summed E-state index contributed by atoms with van der Waals surface area (Å²) >= 11 is 0. The lowest BCUT2D eigenvalue weighted by molar-refractivity contribution is -0.121. The Labute approximate surface area is 110 Å². The first-order valence-corrected chi connectivity index (χ1v) is 6.19. The van der Waals surface area contributed by atoms with Crippen LogP contribution in [0.5, 0.6) is 0 Å². The quantitative estimate of drug-likeness (QED) is 0.838. The van der Waals surface area contributed by atoms with Crippen molar-refractivity contribution >= 4 is 11.6 Å². The van der Waals surface area contributed by atoms with Crippen molar-refractivity contribution in [3.05, 3.63) is 42.0 Å². The number of hydrogen-bond acceptors (Lipinski definition) is 4. The van der Waals surface area contributed by atoms with Gasteiger partial charge in [0.25, 0.3) is 0 Å². The molecule has 1 aliphatic rings. The highest BCUT2D eigenvalue weighted by Gasteiger charge is 2.26. The highest BCUT2D eigenvalue weighted by molar-refractivity contribution is 5.87. The van der Waals surface area contributed by atoms with Crippen LogP contribution in [-0.4, -0.2) is 26.7 Å². The van der Waals surface area contributed by atoms with Gasteiger partial charge in [0.15, 0.2) is 5.82 Å². The van der Waals surface area contributed by atoms with Crippen molar-refractivity contribution in [2.24, 2.45) is 7.05 Å². The number of hydrogen-bond donors (Lipinski definition) is 2. The lowest BCUT2D eigenvalue weighted by Crippen LogP contribution is -2.38. The molecule has 1 aliphatic heterocycles. The van der Waals surface area contributed by atoms with Gasteiger partial charge >= 0.3 is 0 Å². The highest BCUT2D eigenvalue weighted by atomic mass is 16.2. The fourth-order valence-corrected chi connectivity index (χ4v) is 2.21. The molecule has 1 amide bonds. The second-order valence-corrected chi connectivity index (χ2v) is 4.61. The number of fused-ring (bicyclic) bond motifs is 1. The number of anilines is 1. The summed E-state index contributed by atoms with van der Waals surface area (Å²) in [6.45, 7) is 0.355. The van der Waals surface area contributed by atoms with E-state index >= 15 is 0 Å². The van der Waals surface area contributed by atoms with Crippen molar-refractivity contribution < 1.29 is 4.79 Å². The molecule has 0 radical (unpaired) electrons. The summed E-state index contributed by atoms with van der Waals surface area (Å²) in [6.07, 6.45) is 2.34. The molecule has 0 fully saturated rings. The minimum absolute atomic E-state index is 0.0244. The number of carbonyl (C=O) groups is 1. The number of nitrogens with zero attached hydrogens (tertiary/aromatic N) is 3. The zero-order chi connectivity index (χ0) is 13.2. The topological polar surface area (TPSA) is 71.8 Å². The zero-order valence-electron chi connectivity index (χ0n) is 10.6. The Morgan fingerprint density at radius 1 is 1.53 bits per heavy atom. The number of benzene rings is 1. The van der Waals surface area contributed by atoms with Crippen LogP contribution in [0.15, 0.2) is 30.6 Å². The largest absolute Gasteiger partial charge is 0.373 e. The zero-order valence-corrected chi connectivity index (χ0v) is 10.6. The molecule has 19 heavy (non-hydrogen) atoms. The fourth-order valence-electron chi connectivity index (χ4n) is 2.21. The molecule has 0 aliphatic carbocycles. The Hall–Kier alpha value is -2.37. The van der Waals surface area contributed by atoms with Crippen LogP contribution in [0.2, 0.25) is 0 Å². The molecule has 2 aromatic rings. The standard InChI is InChI=1S/C13H15N5O/c1-18-8-15-12(17-18)7-14-13(19)11-6-9-4-2-3-5-10(9)16-11/h2-5,8,11,16H,6-7H2,1H3,(H,14,19). The molecule has 6 heteroatoms. The molecule has 0 saturated carbocycles. The van der Waals surface area contributed by atoms with Crippen molar-refractivity contribution in [3.8, 4) is 0 Å². The summed E-state index contributed by atoms with van der Waals surface area (Å²) in [6, 6.07) is 7.77. The molecule has 2 N–H and O–H groups in total. The minimum Gasteiger partial charge on any atom is -0.373 e. The maximum absolute atomic E-state index is 12.1. The number of nitrogens with one attached hydrogen (secondary N) is 2. The van der Waals surface area contributed by atoms with Crippen molar-refractivity contribution in [2.75, 3.05) is 5.32 Å². The number of carbonyl (C=O) groups excluding carboxylic acids is 1. The summed E-state index contributed by atoms with van der Waals surface area (Å²) in [5, 5.41) is 10.2. The monoisotopic (exact) mass is 257 g/mol. The molecule has 98 valence electrons. The molecule has 3 rings (SSSR count). The van der Waals surface area contributed by atoms with Crippen LogP contribution in [0, 0.1) is 0 Å². The number of aromatic nitrogens is 3. The Kier molecular flexibility index (Phi) is 2.91.